The van der Waals surface area contributed by atoms with Crippen LogP contribution < -0.4 is 10.2 Å². The molecule has 1 fully saturated rings. The summed E-state index contributed by atoms with van der Waals surface area (Å²) in [6, 6.07) is 0.926. The van der Waals surface area contributed by atoms with Crippen molar-refractivity contribution < 1.29 is 0 Å². The Morgan fingerprint density at radius 2 is 2.11 bits per heavy atom. The largest absolute Gasteiger partial charge is 0.337 e. The topological polar surface area (TPSA) is 41.0 Å². The molecular formula is C13H21ClN4. The fourth-order valence-electron chi connectivity index (χ4n) is 2.29. The van der Waals surface area contributed by atoms with Crippen LogP contribution in [0.2, 0.25) is 5.02 Å². The molecule has 0 saturated carbocycles. The van der Waals surface area contributed by atoms with E-state index >= 15 is 0 Å². The molecule has 1 aliphatic rings. The van der Waals surface area contributed by atoms with E-state index in [0.717, 1.165) is 19.0 Å². The standard InChI is InChI=1S/C13H21ClN4/c1-10(2)18(9-12-5-3-4-6-15-12)13-16-7-11(14)8-17-13/h7-8,10,12,15H,3-6,9H2,1-2H3. The van der Waals surface area contributed by atoms with Crippen LogP contribution in [-0.4, -0.2) is 35.1 Å². The summed E-state index contributed by atoms with van der Waals surface area (Å²) < 4.78 is 0. The quantitative estimate of drug-likeness (QED) is 0.911. The zero-order valence-electron chi connectivity index (χ0n) is 11.1. The third-order valence-electron chi connectivity index (χ3n) is 3.32. The molecular weight excluding hydrogens is 248 g/mol. The van der Waals surface area contributed by atoms with Crippen LogP contribution in [-0.2, 0) is 0 Å². The van der Waals surface area contributed by atoms with Crippen LogP contribution >= 0.6 is 11.6 Å². The van der Waals surface area contributed by atoms with Crippen molar-refractivity contribution in [2.24, 2.45) is 0 Å². The average Bonchev–Trinajstić information content (AvgIpc) is 2.38. The minimum absolute atomic E-state index is 0.384. The molecule has 1 aromatic rings. The first-order chi connectivity index (χ1) is 8.66. The second-order valence-electron chi connectivity index (χ2n) is 5.09. The van der Waals surface area contributed by atoms with Crippen molar-refractivity contribution in [1.29, 1.82) is 0 Å². The first-order valence-electron chi connectivity index (χ1n) is 6.64. The minimum atomic E-state index is 0.384. The summed E-state index contributed by atoms with van der Waals surface area (Å²) in [6.45, 7) is 6.42. The molecule has 0 amide bonds. The second-order valence-corrected chi connectivity index (χ2v) is 5.53. The SMILES string of the molecule is CC(C)N(CC1CCCCN1)c1ncc(Cl)cn1. The van der Waals surface area contributed by atoms with Crippen LogP contribution in [0.5, 0.6) is 0 Å². The highest BCUT2D eigenvalue weighted by Gasteiger charge is 2.20. The lowest BCUT2D eigenvalue weighted by atomic mass is 10.0. The van der Waals surface area contributed by atoms with E-state index in [-0.39, 0.29) is 0 Å². The maximum absolute atomic E-state index is 5.83. The highest BCUT2D eigenvalue weighted by atomic mass is 35.5. The van der Waals surface area contributed by atoms with Gasteiger partial charge >= 0.3 is 0 Å². The molecule has 1 N–H and O–H groups in total. The van der Waals surface area contributed by atoms with Gasteiger partial charge in [-0.15, -0.1) is 0 Å². The molecule has 18 heavy (non-hydrogen) atoms. The van der Waals surface area contributed by atoms with Gasteiger partial charge in [0, 0.05) is 18.6 Å². The molecule has 0 bridgehead atoms. The first-order valence-corrected chi connectivity index (χ1v) is 7.02. The Labute approximate surface area is 114 Å². The molecule has 0 aromatic carbocycles. The molecule has 0 spiro atoms. The molecule has 0 radical (unpaired) electrons. The van der Waals surface area contributed by atoms with Crippen molar-refractivity contribution in [3.63, 3.8) is 0 Å². The summed E-state index contributed by atoms with van der Waals surface area (Å²) in [5, 5.41) is 4.14. The summed E-state index contributed by atoms with van der Waals surface area (Å²) in [5.74, 6) is 0.766. The minimum Gasteiger partial charge on any atom is -0.337 e. The Bertz CT molecular complexity index is 360. The number of hydrogen-bond donors (Lipinski definition) is 1. The van der Waals surface area contributed by atoms with Gasteiger partial charge in [0.25, 0.3) is 0 Å². The van der Waals surface area contributed by atoms with E-state index in [4.69, 9.17) is 11.6 Å². The summed E-state index contributed by atoms with van der Waals surface area (Å²) in [5.41, 5.74) is 0. The highest BCUT2D eigenvalue weighted by molar-refractivity contribution is 6.30. The van der Waals surface area contributed by atoms with E-state index in [2.05, 4.69) is 34.0 Å². The number of piperidine rings is 1. The zero-order valence-corrected chi connectivity index (χ0v) is 11.8. The van der Waals surface area contributed by atoms with Gasteiger partial charge in [0.2, 0.25) is 5.95 Å². The Kier molecular flexibility index (Phi) is 4.78. The van der Waals surface area contributed by atoms with E-state index in [1.54, 1.807) is 12.4 Å². The second kappa shape index (κ2) is 6.34. The average molecular weight is 269 g/mol. The predicted octanol–water partition coefficient (Wildman–Crippen LogP) is 2.49. The molecule has 2 heterocycles. The zero-order chi connectivity index (χ0) is 13.0. The Morgan fingerprint density at radius 1 is 1.39 bits per heavy atom. The van der Waals surface area contributed by atoms with Gasteiger partial charge in [-0.25, -0.2) is 9.97 Å². The summed E-state index contributed by atoms with van der Waals surface area (Å²) in [7, 11) is 0. The lowest BCUT2D eigenvalue weighted by molar-refractivity contribution is 0.391. The van der Waals surface area contributed by atoms with E-state index < -0.39 is 0 Å². The van der Waals surface area contributed by atoms with Crippen LogP contribution in [0.1, 0.15) is 33.1 Å². The number of nitrogens with one attached hydrogen (secondary N) is 1. The van der Waals surface area contributed by atoms with Gasteiger partial charge in [-0.1, -0.05) is 18.0 Å². The van der Waals surface area contributed by atoms with Crippen molar-refractivity contribution in [2.75, 3.05) is 18.0 Å². The molecule has 0 aliphatic carbocycles. The van der Waals surface area contributed by atoms with E-state index in [9.17, 15) is 0 Å². The molecule has 1 unspecified atom stereocenters. The summed E-state index contributed by atoms with van der Waals surface area (Å²) in [4.78, 5) is 10.9. The molecule has 4 nitrogen and oxygen atoms in total. The van der Waals surface area contributed by atoms with E-state index in [0.29, 0.717) is 17.1 Å². The molecule has 1 aromatic heterocycles. The molecule has 5 heteroatoms. The van der Waals surface area contributed by atoms with Gasteiger partial charge in [-0.05, 0) is 33.2 Å². The Balaban J connectivity index is 2.05. The van der Waals surface area contributed by atoms with E-state index in [1.807, 2.05) is 0 Å². The number of nitrogens with zero attached hydrogens (tertiary/aromatic N) is 3. The maximum Gasteiger partial charge on any atom is 0.225 e. The smallest absolute Gasteiger partial charge is 0.225 e. The van der Waals surface area contributed by atoms with Crippen molar-refractivity contribution >= 4 is 17.5 Å². The van der Waals surface area contributed by atoms with Gasteiger partial charge in [-0.2, -0.15) is 0 Å². The van der Waals surface area contributed by atoms with Gasteiger partial charge in [0.15, 0.2) is 0 Å². The predicted molar refractivity (Wildman–Crippen MR) is 75.2 cm³/mol. The fraction of sp³-hybridized carbons (Fsp3) is 0.692. The monoisotopic (exact) mass is 268 g/mol. The highest BCUT2D eigenvalue weighted by Crippen LogP contribution is 2.16. The third kappa shape index (κ3) is 3.56. The van der Waals surface area contributed by atoms with Gasteiger partial charge in [0.1, 0.15) is 0 Å². The lowest BCUT2D eigenvalue weighted by Crippen LogP contribution is -2.46. The molecule has 1 saturated heterocycles. The summed E-state index contributed by atoms with van der Waals surface area (Å²) >= 11 is 5.83. The molecule has 2 rings (SSSR count). The summed E-state index contributed by atoms with van der Waals surface area (Å²) in [6.07, 6.45) is 7.15. The number of hydrogen-bond acceptors (Lipinski definition) is 4. The van der Waals surface area contributed by atoms with Crippen molar-refractivity contribution in [3.8, 4) is 0 Å². The third-order valence-corrected chi connectivity index (χ3v) is 3.51. The number of aromatic nitrogens is 2. The fourth-order valence-corrected chi connectivity index (χ4v) is 2.39. The number of rotatable bonds is 4. The van der Waals surface area contributed by atoms with Crippen molar-refractivity contribution in [2.45, 2.75) is 45.2 Å². The van der Waals surface area contributed by atoms with Gasteiger partial charge in [0.05, 0.1) is 17.4 Å². The van der Waals surface area contributed by atoms with Crippen molar-refractivity contribution in [1.82, 2.24) is 15.3 Å². The molecule has 1 aliphatic heterocycles. The van der Waals surface area contributed by atoms with Crippen molar-refractivity contribution in [3.05, 3.63) is 17.4 Å². The normalized spacial score (nSPS) is 20.1. The Hall–Kier alpha value is -0.870. The van der Waals surface area contributed by atoms with Gasteiger partial charge < -0.3 is 10.2 Å². The van der Waals surface area contributed by atoms with Gasteiger partial charge in [-0.3, -0.25) is 0 Å². The molecule has 100 valence electrons. The van der Waals surface area contributed by atoms with Crippen LogP contribution in [0.3, 0.4) is 0 Å². The van der Waals surface area contributed by atoms with Crippen LogP contribution in [0.25, 0.3) is 0 Å². The maximum atomic E-state index is 5.83. The lowest BCUT2D eigenvalue weighted by Gasteiger charge is -2.33. The molecule has 1 atom stereocenters. The van der Waals surface area contributed by atoms with E-state index in [1.165, 1.54) is 19.3 Å². The first kappa shape index (κ1) is 13.6. The number of anilines is 1. The Morgan fingerprint density at radius 3 is 2.67 bits per heavy atom. The van der Waals surface area contributed by atoms with Crippen LogP contribution in [0, 0.1) is 0 Å². The van der Waals surface area contributed by atoms with Crippen LogP contribution in [0.4, 0.5) is 5.95 Å². The number of halogens is 1. The van der Waals surface area contributed by atoms with Crippen LogP contribution in [0.15, 0.2) is 12.4 Å².